The van der Waals surface area contributed by atoms with Crippen LogP contribution in [0.1, 0.15) is 57.8 Å². The van der Waals surface area contributed by atoms with E-state index in [1.54, 1.807) is 0 Å². The van der Waals surface area contributed by atoms with Crippen LogP contribution in [0.4, 0.5) is 0 Å². The van der Waals surface area contributed by atoms with Gasteiger partial charge in [0.15, 0.2) is 0 Å². The summed E-state index contributed by atoms with van der Waals surface area (Å²) in [4.78, 5) is 23.7. The predicted octanol–water partition coefficient (Wildman–Crippen LogP) is 2.67. The fraction of sp³-hybridized carbons (Fsp3) is 0.857. The first-order chi connectivity index (χ1) is 8.51. The van der Waals surface area contributed by atoms with E-state index in [0.717, 1.165) is 32.1 Å². The van der Waals surface area contributed by atoms with E-state index in [2.05, 4.69) is 0 Å². The molecule has 0 aromatic carbocycles. The maximum atomic E-state index is 11.8. The van der Waals surface area contributed by atoms with Gasteiger partial charge in [-0.15, -0.1) is 0 Å². The number of carboxylic acid groups (broad SMARTS) is 2. The zero-order valence-electron chi connectivity index (χ0n) is 10.6. The Balaban J connectivity index is 2.15. The molecule has 3 rings (SSSR count). The Morgan fingerprint density at radius 3 is 1.39 bits per heavy atom. The fourth-order valence-electron chi connectivity index (χ4n) is 5.47. The molecular formula is C14H20O4. The van der Waals surface area contributed by atoms with Crippen molar-refractivity contribution < 1.29 is 19.8 Å². The molecule has 3 aliphatic rings. The Bertz CT molecular complexity index is 366. The fourth-order valence-corrected chi connectivity index (χ4v) is 5.47. The van der Waals surface area contributed by atoms with Crippen molar-refractivity contribution >= 4 is 11.9 Å². The minimum atomic E-state index is -0.745. The summed E-state index contributed by atoms with van der Waals surface area (Å²) < 4.78 is 0. The highest BCUT2D eigenvalue weighted by atomic mass is 16.4. The van der Waals surface area contributed by atoms with E-state index in [9.17, 15) is 19.8 Å². The summed E-state index contributed by atoms with van der Waals surface area (Å²) >= 11 is 0. The molecule has 0 saturated heterocycles. The molecule has 2 bridgehead atoms. The highest BCUT2D eigenvalue weighted by Crippen LogP contribution is 2.76. The van der Waals surface area contributed by atoms with Gasteiger partial charge in [0.05, 0.1) is 10.8 Å². The first-order valence-corrected chi connectivity index (χ1v) is 6.98. The third kappa shape index (κ3) is 1.04. The molecule has 2 N–H and O–H groups in total. The van der Waals surface area contributed by atoms with E-state index in [-0.39, 0.29) is 0 Å². The Kier molecular flexibility index (Phi) is 2.32. The van der Waals surface area contributed by atoms with Crippen molar-refractivity contribution in [3.63, 3.8) is 0 Å². The molecule has 0 radical (unpaired) electrons. The lowest BCUT2D eigenvalue weighted by molar-refractivity contribution is -0.165. The van der Waals surface area contributed by atoms with Gasteiger partial charge in [0, 0.05) is 5.41 Å². The van der Waals surface area contributed by atoms with Crippen LogP contribution >= 0.6 is 0 Å². The second-order valence-corrected chi connectivity index (χ2v) is 6.42. The summed E-state index contributed by atoms with van der Waals surface area (Å²) in [5, 5.41) is 19.4. The largest absolute Gasteiger partial charge is 0.481 e. The molecule has 4 heteroatoms. The maximum absolute atomic E-state index is 11.8. The SMILES string of the molecule is O=C(O)C12CCC(C(=O)O)(CC1)C21CCCCC1. The van der Waals surface area contributed by atoms with Gasteiger partial charge in [-0.3, -0.25) is 9.59 Å². The molecular weight excluding hydrogens is 232 g/mol. The molecule has 0 heterocycles. The van der Waals surface area contributed by atoms with Crippen LogP contribution < -0.4 is 0 Å². The number of hydrogen-bond acceptors (Lipinski definition) is 2. The van der Waals surface area contributed by atoms with Gasteiger partial charge in [-0.1, -0.05) is 19.3 Å². The second-order valence-electron chi connectivity index (χ2n) is 6.42. The molecule has 0 aliphatic heterocycles. The van der Waals surface area contributed by atoms with E-state index < -0.39 is 28.2 Å². The van der Waals surface area contributed by atoms with Crippen LogP contribution in [0.5, 0.6) is 0 Å². The van der Waals surface area contributed by atoms with Crippen LogP contribution in [0.2, 0.25) is 0 Å². The standard InChI is InChI=1S/C14H20O4/c15-10(16)12-6-7-13(9-8-12,11(17)18)14(12)4-2-1-3-5-14/h1-9H2,(H,15,16)(H,17,18). The highest BCUT2D eigenvalue weighted by molar-refractivity contribution is 5.85. The number of rotatable bonds is 2. The van der Waals surface area contributed by atoms with Gasteiger partial charge in [-0.2, -0.15) is 0 Å². The summed E-state index contributed by atoms with van der Waals surface area (Å²) in [5.41, 5.74) is -1.95. The Hall–Kier alpha value is -1.06. The average molecular weight is 252 g/mol. The number of hydrogen-bond donors (Lipinski definition) is 2. The third-order valence-corrected chi connectivity index (χ3v) is 6.32. The first-order valence-electron chi connectivity index (χ1n) is 6.98. The van der Waals surface area contributed by atoms with Crippen molar-refractivity contribution in [1.29, 1.82) is 0 Å². The minimum Gasteiger partial charge on any atom is -0.481 e. The van der Waals surface area contributed by atoms with Crippen LogP contribution in [-0.4, -0.2) is 22.2 Å². The predicted molar refractivity (Wildman–Crippen MR) is 64.1 cm³/mol. The third-order valence-electron chi connectivity index (χ3n) is 6.32. The van der Waals surface area contributed by atoms with E-state index in [1.807, 2.05) is 0 Å². The highest BCUT2D eigenvalue weighted by Gasteiger charge is 2.76. The van der Waals surface area contributed by atoms with E-state index in [4.69, 9.17) is 0 Å². The lowest BCUT2D eigenvalue weighted by Crippen LogP contribution is -2.49. The zero-order chi connectivity index (χ0) is 13.0. The first kappa shape index (κ1) is 12.0. The van der Waals surface area contributed by atoms with Crippen molar-refractivity contribution in [2.24, 2.45) is 16.2 Å². The molecule has 100 valence electrons. The molecule has 3 fully saturated rings. The number of carbonyl (C=O) groups is 2. The van der Waals surface area contributed by atoms with Gasteiger partial charge in [-0.05, 0) is 38.5 Å². The van der Waals surface area contributed by atoms with Crippen molar-refractivity contribution in [3.05, 3.63) is 0 Å². The molecule has 3 saturated carbocycles. The van der Waals surface area contributed by atoms with Gasteiger partial charge in [-0.25, -0.2) is 0 Å². The van der Waals surface area contributed by atoms with Gasteiger partial charge < -0.3 is 10.2 Å². The monoisotopic (exact) mass is 252 g/mol. The molecule has 0 aromatic rings. The molecule has 1 spiro atoms. The molecule has 3 aliphatic carbocycles. The molecule has 0 amide bonds. The van der Waals surface area contributed by atoms with Crippen LogP contribution in [0, 0.1) is 16.2 Å². The van der Waals surface area contributed by atoms with Crippen LogP contribution in [0.25, 0.3) is 0 Å². The van der Waals surface area contributed by atoms with Crippen molar-refractivity contribution in [2.45, 2.75) is 57.8 Å². The lowest BCUT2D eigenvalue weighted by atomic mass is 9.55. The number of aliphatic carboxylic acids is 2. The van der Waals surface area contributed by atoms with E-state index in [0.29, 0.717) is 25.7 Å². The van der Waals surface area contributed by atoms with Crippen LogP contribution in [0.15, 0.2) is 0 Å². The van der Waals surface area contributed by atoms with Crippen molar-refractivity contribution in [3.8, 4) is 0 Å². The van der Waals surface area contributed by atoms with Crippen molar-refractivity contribution in [1.82, 2.24) is 0 Å². The lowest BCUT2D eigenvalue weighted by Gasteiger charge is -2.47. The van der Waals surface area contributed by atoms with Gasteiger partial charge in [0.25, 0.3) is 0 Å². The zero-order valence-corrected chi connectivity index (χ0v) is 10.6. The molecule has 4 nitrogen and oxygen atoms in total. The Labute approximate surface area is 106 Å². The summed E-state index contributed by atoms with van der Waals surface area (Å²) in [6, 6.07) is 0. The minimum absolute atomic E-state index is 0.462. The second kappa shape index (κ2) is 3.49. The normalized spacial score (nSPS) is 41.1. The molecule has 0 atom stereocenters. The van der Waals surface area contributed by atoms with Gasteiger partial charge >= 0.3 is 11.9 Å². The Morgan fingerprint density at radius 1 is 0.667 bits per heavy atom. The summed E-state index contributed by atoms with van der Waals surface area (Å²) in [6.07, 6.45) is 6.95. The molecule has 0 aromatic heterocycles. The Morgan fingerprint density at radius 2 is 1.06 bits per heavy atom. The van der Waals surface area contributed by atoms with Gasteiger partial charge in [0.1, 0.15) is 0 Å². The number of carboxylic acids is 2. The maximum Gasteiger partial charge on any atom is 0.310 e. The smallest absolute Gasteiger partial charge is 0.310 e. The summed E-state index contributed by atoms with van der Waals surface area (Å²) in [6.45, 7) is 0. The average Bonchev–Trinajstić information content (AvgIpc) is 2.78. The summed E-state index contributed by atoms with van der Waals surface area (Å²) in [7, 11) is 0. The topological polar surface area (TPSA) is 74.6 Å². The van der Waals surface area contributed by atoms with E-state index >= 15 is 0 Å². The molecule has 0 unspecified atom stereocenters. The summed E-state index contributed by atoms with van der Waals surface area (Å²) in [5.74, 6) is -1.49. The van der Waals surface area contributed by atoms with Crippen LogP contribution in [-0.2, 0) is 9.59 Å². The quantitative estimate of drug-likeness (QED) is 0.792. The molecule has 18 heavy (non-hydrogen) atoms. The van der Waals surface area contributed by atoms with Gasteiger partial charge in [0.2, 0.25) is 0 Å². The van der Waals surface area contributed by atoms with Crippen molar-refractivity contribution in [2.75, 3.05) is 0 Å². The van der Waals surface area contributed by atoms with E-state index in [1.165, 1.54) is 0 Å². The van der Waals surface area contributed by atoms with Crippen LogP contribution in [0.3, 0.4) is 0 Å².